The Balaban J connectivity index is 2.03. The maximum Gasteiger partial charge on any atom is 0.0412 e. The molecule has 3 rings (SSSR count). The Morgan fingerprint density at radius 1 is 0.941 bits per heavy atom. The summed E-state index contributed by atoms with van der Waals surface area (Å²) in [6.07, 6.45) is 2.18. The van der Waals surface area contributed by atoms with E-state index in [0.717, 1.165) is 23.4 Å². The predicted molar refractivity (Wildman–Crippen MR) is 72.0 cm³/mol. The number of nitrogens with two attached hydrogens (primary N) is 1. The zero-order valence-corrected chi connectivity index (χ0v) is 10.2. The van der Waals surface area contributed by atoms with Gasteiger partial charge in [0.15, 0.2) is 0 Å². The summed E-state index contributed by atoms with van der Waals surface area (Å²) in [6, 6.07) is 16.4. The van der Waals surface area contributed by atoms with E-state index in [1.165, 1.54) is 11.1 Å². The van der Waals surface area contributed by atoms with Crippen molar-refractivity contribution in [2.45, 2.75) is 18.4 Å². The van der Waals surface area contributed by atoms with Crippen LogP contribution in [0.15, 0.2) is 48.5 Å². The first-order valence-electron chi connectivity index (χ1n) is 5.83. The van der Waals surface area contributed by atoms with Crippen LogP contribution in [0.1, 0.15) is 18.4 Å². The first-order valence-corrected chi connectivity index (χ1v) is 6.21. The van der Waals surface area contributed by atoms with Gasteiger partial charge in [-0.1, -0.05) is 41.9 Å². The third-order valence-electron chi connectivity index (χ3n) is 3.38. The average molecular weight is 244 g/mol. The molecular formula is C15H14ClN. The standard InChI is InChI=1S/C15H14ClN/c16-14-6-2-4-12(10-14)11-3-1-5-13(9-11)15(17)7-8-15/h1-6,9-10H,7-8,17H2. The number of hydrogen-bond acceptors (Lipinski definition) is 1. The Morgan fingerprint density at radius 3 is 2.24 bits per heavy atom. The van der Waals surface area contributed by atoms with Crippen LogP contribution in [0.5, 0.6) is 0 Å². The molecule has 0 atom stereocenters. The number of rotatable bonds is 2. The molecule has 1 aliphatic carbocycles. The fourth-order valence-corrected chi connectivity index (χ4v) is 2.29. The second kappa shape index (κ2) is 3.86. The number of halogens is 1. The van der Waals surface area contributed by atoms with Crippen LogP contribution in [0.3, 0.4) is 0 Å². The molecule has 0 bridgehead atoms. The van der Waals surface area contributed by atoms with E-state index in [4.69, 9.17) is 17.3 Å². The van der Waals surface area contributed by atoms with E-state index in [1.807, 2.05) is 18.2 Å². The van der Waals surface area contributed by atoms with Crippen LogP contribution in [0, 0.1) is 0 Å². The summed E-state index contributed by atoms with van der Waals surface area (Å²) in [5, 5.41) is 0.766. The zero-order valence-electron chi connectivity index (χ0n) is 9.49. The molecule has 0 spiro atoms. The highest BCUT2D eigenvalue weighted by Gasteiger charge is 2.39. The van der Waals surface area contributed by atoms with Crippen LogP contribution >= 0.6 is 11.6 Å². The molecule has 2 heteroatoms. The van der Waals surface area contributed by atoms with Crippen molar-refractivity contribution in [1.29, 1.82) is 0 Å². The summed E-state index contributed by atoms with van der Waals surface area (Å²) in [7, 11) is 0. The van der Waals surface area contributed by atoms with Crippen molar-refractivity contribution in [3.8, 4) is 11.1 Å². The third kappa shape index (κ3) is 2.08. The van der Waals surface area contributed by atoms with Crippen LogP contribution in [-0.2, 0) is 5.54 Å². The summed E-state index contributed by atoms with van der Waals surface area (Å²) in [5.41, 5.74) is 9.70. The lowest BCUT2D eigenvalue weighted by molar-refractivity contribution is 0.740. The van der Waals surface area contributed by atoms with Gasteiger partial charge in [0.25, 0.3) is 0 Å². The van der Waals surface area contributed by atoms with Gasteiger partial charge < -0.3 is 5.73 Å². The normalized spacial score (nSPS) is 16.8. The summed E-state index contributed by atoms with van der Waals surface area (Å²) < 4.78 is 0. The van der Waals surface area contributed by atoms with E-state index in [9.17, 15) is 0 Å². The van der Waals surface area contributed by atoms with E-state index < -0.39 is 0 Å². The maximum atomic E-state index is 6.22. The van der Waals surface area contributed by atoms with Gasteiger partial charge >= 0.3 is 0 Å². The van der Waals surface area contributed by atoms with Crippen molar-refractivity contribution in [2.75, 3.05) is 0 Å². The molecule has 86 valence electrons. The van der Waals surface area contributed by atoms with Crippen LogP contribution in [-0.4, -0.2) is 0 Å². The Hall–Kier alpha value is -1.31. The van der Waals surface area contributed by atoms with Gasteiger partial charge in [-0.3, -0.25) is 0 Å². The minimum absolute atomic E-state index is 0.0748. The molecular weight excluding hydrogens is 230 g/mol. The minimum atomic E-state index is -0.0748. The molecule has 2 N–H and O–H groups in total. The van der Waals surface area contributed by atoms with E-state index in [1.54, 1.807) is 0 Å². The molecule has 17 heavy (non-hydrogen) atoms. The molecule has 0 aromatic heterocycles. The predicted octanol–water partition coefficient (Wildman–Crippen LogP) is 3.95. The number of benzene rings is 2. The van der Waals surface area contributed by atoms with Crippen molar-refractivity contribution < 1.29 is 0 Å². The van der Waals surface area contributed by atoms with Crippen molar-refractivity contribution in [2.24, 2.45) is 5.73 Å². The molecule has 1 saturated carbocycles. The molecule has 0 radical (unpaired) electrons. The molecule has 0 heterocycles. The molecule has 0 amide bonds. The van der Waals surface area contributed by atoms with E-state index >= 15 is 0 Å². The molecule has 1 nitrogen and oxygen atoms in total. The lowest BCUT2D eigenvalue weighted by Gasteiger charge is -2.11. The molecule has 1 aliphatic rings. The highest BCUT2D eigenvalue weighted by molar-refractivity contribution is 6.30. The van der Waals surface area contributed by atoms with Crippen molar-refractivity contribution in [3.63, 3.8) is 0 Å². The average Bonchev–Trinajstić information content (AvgIpc) is 3.09. The summed E-state index contributed by atoms with van der Waals surface area (Å²) >= 11 is 6.01. The molecule has 2 aromatic carbocycles. The largest absolute Gasteiger partial charge is 0.321 e. The van der Waals surface area contributed by atoms with Gasteiger partial charge in [-0.15, -0.1) is 0 Å². The maximum absolute atomic E-state index is 6.22. The van der Waals surface area contributed by atoms with E-state index in [0.29, 0.717) is 0 Å². The summed E-state index contributed by atoms with van der Waals surface area (Å²) in [4.78, 5) is 0. The summed E-state index contributed by atoms with van der Waals surface area (Å²) in [5.74, 6) is 0. The first kappa shape index (κ1) is 10.8. The first-order chi connectivity index (χ1) is 8.17. The van der Waals surface area contributed by atoms with Gasteiger partial charge in [0, 0.05) is 10.6 Å². The fraction of sp³-hybridized carbons (Fsp3) is 0.200. The smallest absolute Gasteiger partial charge is 0.0412 e. The van der Waals surface area contributed by atoms with Crippen molar-refractivity contribution >= 4 is 11.6 Å². The topological polar surface area (TPSA) is 26.0 Å². The van der Waals surface area contributed by atoms with Crippen LogP contribution in [0.2, 0.25) is 5.02 Å². The SMILES string of the molecule is NC1(c2cccc(-c3cccc(Cl)c3)c2)CC1. The second-order valence-corrected chi connectivity index (χ2v) is 5.18. The van der Waals surface area contributed by atoms with Crippen LogP contribution in [0.4, 0.5) is 0 Å². The van der Waals surface area contributed by atoms with Crippen molar-refractivity contribution in [1.82, 2.24) is 0 Å². The van der Waals surface area contributed by atoms with Gasteiger partial charge in [0.2, 0.25) is 0 Å². The molecule has 0 unspecified atom stereocenters. The van der Waals surface area contributed by atoms with Gasteiger partial charge in [0.05, 0.1) is 0 Å². The van der Waals surface area contributed by atoms with Gasteiger partial charge in [-0.05, 0) is 47.7 Å². The fourth-order valence-electron chi connectivity index (χ4n) is 2.10. The quantitative estimate of drug-likeness (QED) is 0.849. The van der Waals surface area contributed by atoms with Gasteiger partial charge in [0.1, 0.15) is 0 Å². The molecule has 1 fully saturated rings. The second-order valence-electron chi connectivity index (χ2n) is 4.75. The Bertz CT molecular complexity index is 558. The lowest BCUT2D eigenvalue weighted by Crippen LogP contribution is -2.18. The molecule has 2 aromatic rings. The number of hydrogen-bond donors (Lipinski definition) is 1. The van der Waals surface area contributed by atoms with E-state index in [-0.39, 0.29) is 5.54 Å². The minimum Gasteiger partial charge on any atom is -0.321 e. The van der Waals surface area contributed by atoms with Gasteiger partial charge in [-0.2, -0.15) is 0 Å². The van der Waals surface area contributed by atoms with Gasteiger partial charge in [-0.25, -0.2) is 0 Å². The Morgan fingerprint density at radius 2 is 1.59 bits per heavy atom. The third-order valence-corrected chi connectivity index (χ3v) is 3.62. The highest BCUT2D eigenvalue weighted by Crippen LogP contribution is 2.43. The van der Waals surface area contributed by atoms with Crippen molar-refractivity contribution in [3.05, 3.63) is 59.1 Å². The van der Waals surface area contributed by atoms with Crippen LogP contribution < -0.4 is 5.73 Å². The summed E-state index contributed by atoms with van der Waals surface area (Å²) in [6.45, 7) is 0. The molecule has 0 saturated heterocycles. The van der Waals surface area contributed by atoms with Crippen LogP contribution in [0.25, 0.3) is 11.1 Å². The lowest BCUT2D eigenvalue weighted by atomic mass is 9.99. The Kier molecular flexibility index (Phi) is 2.46. The monoisotopic (exact) mass is 243 g/mol. The molecule has 0 aliphatic heterocycles. The highest BCUT2D eigenvalue weighted by atomic mass is 35.5. The zero-order chi connectivity index (χ0) is 11.9. The Labute approximate surface area is 106 Å². The van der Waals surface area contributed by atoms with E-state index in [2.05, 4.69) is 30.3 Å².